The van der Waals surface area contributed by atoms with Gasteiger partial charge < -0.3 is 5.32 Å². The van der Waals surface area contributed by atoms with Gasteiger partial charge in [-0.3, -0.25) is 0 Å². The first-order chi connectivity index (χ1) is 10.3. The summed E-state index contributed by atoms with van der Waals surface area (Å²) in [6.45, 7) is 0. The molecule has 1 nitrogen and oxygen atoms in total. The molecular weight excluding hydrogens is 261 g/mol. The molecule has 3 aromatic rings. The van der Waals surface area contributed by atoms with Gasteiger partial charge in [0, 0.05) is 6.04 Å². The predicted octanol–water partition coefficient (Wildman–Crippen LogP) is 4.48. The van der Waals surface area contributed by atoms with Gasteiger partial charge in [-0.2, -0.15) is 0 Å². The molecule has 0 aliphatic heterocycles. The Kier molecular flexibility index (Phi) is 3.98. The molecule has 0 bridgehead atoms. The zero-order valence-corrected chi connectivity index (χ0v) is 12.0. The quantitative estimate of drug-likeness (QED) is 0.742. The Hall–Kier alpha value is -2.19. The topological polar surface area (TPSA) is 12.0 Å². The van der Waals surface area contributed by atoms with E-state index in [2.05, 4.69) is 47.8 Å². The van der Waals surface area contributed by atoms with E-state index in [1.54, 1.807) is 0 Å². The Morgan fingerprint density at radius 3 is 2.38 bits per heavy atom. The average molecular weight is 279 g/mol. The maximum Gasteiger partial charge on any atom is 0.123 e. The molecule has 1 atom stereocenters. The molecule has 0 amide bonds. The molecule has 0 radical (unpaired) electrons. The second-order valence-electron chi connectivity index (χ2n) is 5.24. The molecule has 2 heteroatoms. The zero-order chi connectivity index (χ0) is 14.7. The maximum absolute atomic E-state index is 13.1. The van der Waals surface area contributed by atoms with Gasteiger partial charge in [-0.1, -0.05) is 54.6 Å². The van der Waals surface area contributed by atoms with Crippen molar-refractivity contribution in [2.75, 3.05) is 7.05 Å². The lowest BCUT2D eigenvalue weighted by molar-refractivity contribution is 0.587. The molecule has 0 saturated carbocycles. The highest BCUT2D eigenvalue weighted by molar-refractivity contribution is 5.85. The standard InChI is InChI=1S/C19H18FN/c1-21-19(15-9-11-17(20)12-10-15)13-16-7-4-6-14-5-2-3-8-18(14)16/h2-12,19,21H,13H2,1H3. The van der Waals surface area contributed by atoms with E-state index in [0.717, 1.165) is 12.0 Å². The van der Waals surface area contributed by atoms with Crippen LogP contribution in [0.4, 0.5) is 4.39 Å². The van der Waals surface area contributed by atoms with Crippen LogP contribution in [0.1, 0.15) is 17.2 Å². The number of benzene rings is 3. The SMILES string of the molecule is CNC(Cc1cccc2ccccc12)c1ccc(F)cc1. The second kappa shape index (κ2) is 6.06. The van der Waals surface area contributed by atoms with Gasteiger partial charge in [-0.05, 0) is 47.5 Å². The summed E-state index contributed by atoms with van der Waals surface area (Å²) < 4.78 is 13.1. The lowest BCUT2D eigenvalue weighted by Gasteiger charge is -2.18. The van der Waals surface area contributed by atoms with Crippen LogP contribution in [0.2, 0.25) is 0 Å². The second-order valence-corrected chi connectivity index (χ2v) is 5.24. The number of nitrogens with one attached hydrogen (secondary N) is 1. The van der Waals surface area contributed by atoms with Crippen LogP contribution in [0.25, 0.3) is 10.8 Å². The highest BCUT2D eigenvalue weighted by atomic mass is 19.1. The molecule has 0 spiro atoms. The minimum atomic E-state index is -0.196. The molecule has 1 N–H and O–H groups in total. The summed E-state index contributed by atoms with van der Waals surface area (Å²) in [6.07, 6.45) is 0.878. The van der Waals surface area contributed by atoms with Crippen molar-refractivity contribution in [3.63, 3.8) is 0 Å². The van der Waals surface area contributed by atoms with Crippen LogP contribution in [0.3, 0.4) is 0 Å². The van der Waals surface area contributed by atoms with Crippen LogP contribution in [0.15, 0.2) is 66.7 Å². The number of halogens is 1. The summed E-state index contributed by atoms with van der Waals surface area (Å²) in [6, 6.07) is 21.7. The molecule has 1 unspecified atom stereocenters. The van der Waals surface area contributed by atoms with Crippen LogP contribution in [0, 0.1) is 5.82 Å². The van der Waals surface area contributed by atoms with Crippen molar-refractivity contribution in [1.82, 2.24) is 5.32 Å². The van der Waals surface area contributed by atoms with Gasteiger partial charge in [-0.15, -0.1) is 0 Å². The van der Waals surface area contributed by atoms with Gasteiger partial charge in [0.2, 0.25) is 0 Å². The van der Waals surface area contributed by atoms with E-state index in [-0.39, 0.29) is 11.9 Å². The molecule has 3 aromatic carbocycles. The van der Waals surface area contributed by atoms with Crippen molar-refractivity contribution in [3.05, 3.63) is 83.7 Å². The van der Waals surface area contributed by atoms with Gasteiger partial charge in [0.25, 0.3) is 0 Å². The number of rotatable bonds is 4. The first kappa shape index (κ1) is 13.8. The molecular formula is C19H18FN. The lowest BCUT2D eigenvalue weighted by atomic mass is 9.95. The molecule has 106 valence electrons. The normalized spacial score (nSPS) is 12.5. The molecule has 0 heterocycles. The van der Waals surface area contributed by atoms with Gasteiger partial charge in [0.1, 0.15) is 5.82 Å². The van der Waals surface area contributed by atoms with E-state index in [4.69, 9.17) is 0 Å². The highest BCUT2D eigenvalue weighted by Crippen LogP contribution is 2.24. The van der Waals surface area contributed by atoms with E-state index in [1.165, 1.54) is 28.5 Å². The molecule has 0 aliphatic carbocycles. The Bertz CT molecular complexity index is 729. The van der Waals surface area contributed by atoms with Crippen molar-refractivity contribution in [2.24, 2.45) is 0 Å². The Balaban J connectivity index is 1.94. The number of fused-ring (bicyclic) bond motifs is 1. The minimum Gasteiger partial charge on any atom is -0.313 e. The van der Waals surface area contributed by atoms with Crippen molar-refractivity contribution in [1.29, 1.82) is 0 Å². The van der Waals surface area contributed by atoms with E-state index in [0.29, 0.717) is 0 Å². The largest absolute Gasteiger partial charge is 0.313 e. The molecule has 0 saturated heterocycles. The summed E-state index contributed by atoms with van der Waals surface area (Å²) >= 11 is 0. The maximum atomic E-state index is 13.1. The van der Waals surface area contributed by atoms with E-state index < -0.39 is 0 Å². The Labute approximate surface area is 124 Å². The van der Waals surface area contributed by atoms with E-state index in [9.17, 15) is 4.39 Å². The number of hydrogen-bond donors (Lipinski definition) is 1. The van der Waals surface area contributed by atoms with Crippen LogP contribution in [-0.2, 0) is 6.42 Å². The summed E-state index contributed by atoms with van der Waals surface area (Å²) in [4.78, 5) is 0. The van der Waals surface area contributed by atoms with Gasteiger partial charge in [-0.25, -0.2) is 4.39 Å². The minimum absolute atomic E-state index is 0.177. The monoisotopic (exact) mass is 279 g/mol. The third-order valence-electron chi connectivity index (χ3n) is 3.92. The summed E-state index contributed by atoms with van der Waals surface area (Å²) in [5.74, 6) is -0.196. The van der Waals surface area contributed by atoms with E-state index >= 15 is 0 Å². The highest BCUT2D eigenvalue weighted by Gasteiger charge is 2.11. The smallest absolute Gasteiger partial charge is 0.123 e. The predicted molar refractivity (Wildman–Crippen MR) is 85.9 cm³/mol. The van der Waals surface area contributed by atoms with E-state index in [1.807, 2.05) is 19.2 Å². The van der Waals surface area contributed by atoms with Gasteiger partial charge in [0.15, 0.2) is 0 Å². The fraction of sp³-hybridized carbons (Fsp3) is 0.158. The molecule has 0 fully saturated rings. The lowest BCUT2D eigenvalue weighted by Crippen LogP contribution is -2.18. The third kappa shape index (κ3) is 2.96. The summed E-state index contributed by atoms with van der Waals surface area (Å²) in [5.41, 5.74) is 2.41. The first-order valence-corrected chi connectivity index (χ1v) is 7.17. The van der Waals surface area contributed by atoms with Gasteiger partial charge >= 0.3 is 0 Å². The Morgan fingerprint density at radius 2 is 1.62 bits per heavy atom. The first-order valence-electron chi connectivity index (χ1n) is 7.17. The van der Waals surface area contributed by atoms with Crippen LogP contribution >= 0.6 is 0 Å². The number of hydrogen-bond acceptors (Lipinski definition) is 1. The summed E-state index contributed by atoms with van der Waals surface area (Å²) in [5, 5.41) is 5.86. The van der Waals surface area contributed by atoms with Crippen molar-refractivity contribution in [3.8, 4) is 0 Å². The molecule has 0 aliphatic rings. The summed E-state index contributed by atoms with van der Waals surface area (Å²) in [7, 11) is 1.94. The van der Waals surface area contributed by atoms with Crippen molar-refractivity contribution >= 4 is 10.8 Å². The molecule has 3 rings (SSSR count). The van der Waals surface area contributed by atoms with Crippen LogP contribution < -0.4 is 5.32 Å². The molecule has 0 aromatic heterocycles. The Morgan fingerprint density at radius 1 is 0.905 bits per heavy atom. The van der Waals surface area contributed by atoms with Crippen molar-refractivity contribution in [2.45, 2.75) is 12.5 Å². The molecule has 21 heavy (non-hydrogen) atoms. The third-order valence-corrected chi connectivity index (χ3v) is 3.92. The fourth-order valence-electron chi connectivity index (χ4n) is 2.77. The van der Waals surface area contributed by atoms with Crippen molar-refractivity contribution < 1.29 is 4.39 Å². The van der Waals surface area contributed by atoms with Gasteiger partial charge in [0.05, 0.1) is 0 Å². The fourth-order valence-corrected chi connectivity index (χ4v) is 2.77. The average Bonchev–Trinajstić information content (AvgIpc) is 2.54. The van der Waals surface area contributed by atoms with Crippen LogP contribution in [0.5, 0.6) is 0 Å². The van der Waals surface area contributed by atoms with Crippen LogP contribution in [-0.4, -0.2) is 7.05 Å². The zero-order valence-electron chi connectivity index (χ0n) is 12.0. The number of likely N-dealkylation sites (N-methyl/N-ethyl adjacent to an activating group) is 1.